The van der Waals surface area contributed by atoms with E-state index in [9.17, 15) is 5.11 Å². The van der Waals surface area contributed by atoms with Crippen molar-refractivity contribution in [1.29, 1.82) is 0 Å². The zero-order chi connectivity index (χ0) is 17.3. The van der Waals surface area contributed by atoms with Crippen LogP contribution in [0.5, 0.6) is 0 Å². The van der Waals surface area contributed by atoms with Crippen molar-refractivity contribution in [2.24, 2.45) is 5.41 Å². The van der Waals surface area contributed by atoms with Gasteiger partial charge in [0.1, 0.15) is 0 Å². The summed E-state index contributed by atoms with van der Waals surface area (Å²) in [6.07, 6.45) is 12.3. The summed E-state index contributed by atoms with van der Waals surface area (Å²) in [6.45, 7) is 18.6. The Morgan fingerprint density at radius 2 is 1.83 bits per heavy atom. The summed E-state index contributed by atoms with van der Waals surface area (Å²) < 4.78 is 0. The van der Waals surface area contributed by atoms with Gasteiger partial charge in [-0.2, -0.15) is 0 Å². The first-order chi connectivity index (χ1) is 10.9. The molecule has 0 bridgehead atoms. The summed E-state index contributed by atoms with van der Waals surface area (Å²) in [5.41, 5.74) is 2.58. The molecule has 0 spiro atoms. The lowest BCUT2D eigenvalue weighted by atomic mass is 9.78. The minimum absolute atomic E-state index is 0.0907. The normalized spacial score (nSPS) is 18.2. The summed E-state index contributed by atoms with van der Waals surface area (Å²) >= 11 is 0. The van der Waals surface area contributed by atoms with Gasteiger partial charge in [0.05, 0.1) is 6.10 Å². The van der Waals surface area contributed by atoms with E-state index in [2.05, 4.69) is 38.5 Å². The number of hydrogen-bond acceptors (Lipinski definition) is 2. The molecular formula is C21H37NO. The minimum Gasteiger partial charge on any atom is -0.391 e. The van der Waals surface area contributed by atoms with Gasteiger partial charge in [-0.05, 0) is 43.9 Å². The second kappa shape index (κ2) is 9.97. The first-order valence-electron chi connectivity index (χ1n) is 9.27. The molecule has 1 aliphatic rings. The Hall–Kier alpha value is -1.02. The Labute approximate surface area is 144 Å². The second-order valence-corrected chi connectivity index (χ2v) is 7.71. The number of aliphatic hydroxyl groups excluding tert-OH is 1. The van der Waals surface area contributed by atoms with Gasteiger partial charge in [0.15, 0.2) is 0 Å². The summed E-state index contributed by atoms with van der Waals surface area (Å²) in [4.78, 5) is 2.24. The Balaban J connectivity index is 2.24. The van der Waals surface area contributed by atoms with E-state index < -0.39 is 0 Å². The van der Waals surface area contributed by atoms with E-state index in [0.717, 1.165) is 44.5 Å². The van der Waals surface area contributed by atoms with Crippen LogP contribution in [0.3, 0.4) is 0 Å². The fourth-order valence-corrected chi connectivity index (χ4v) is 3.27. The van der Waals surface area contributed by atoms with E-state index in [1.165, 1.54) is 37.7 Å². The molecule has 1 unspecified atom stereocenters. The Morgan fingerprint density at radius 3 is 2.43 bits per heavy atom. The van der Waals surface area contributed by atoms with Gasteiger partial charge < -0.3 is 10.0 Å². The molecule has 23 heavy (non-hydrogen) atoms. The van der Waals surface area contributed by atoms with Crippen LogP contribution < -0.4 is 0 Å². The highest BCUT2D eigenvalue weighted by atomic mass is 16.3. The van der Waals surface area contributed by atoms with E-state index in [1.807, 2.05) is 6.08 Å². The van der Waals surface area contributed by atoms with E-state index in [-0.39, 0.29) is 11.5 Å². The van der Waals surface area contributed by atoms with E-state index in [0.29, 0.717) is 0 Å². The molecule has 2 heteroatoms. The summed E-state index contributed by atoms with van der Waals surface area (Å²) in [6, 6.07) is 0. The Morgan fingerprint density at radius 1 is 1.17 bits per heavy atom. The van der Waals surface area contributed by atoms with Gasteiger partial charge in [0.2, 0.25) is 0 Å². The summed E-state index contributed by atoms with van der Waals surface area (Å²) in [5, 5.41) is 9.67. The van der Waals surface area contributed by atoms with Crippen LogP contribution in [-0.4, -0.2) is 29.2 Å². The number of nitrogens with zero attached hydrogens (tertiary/aromatic N) is 1. The summed E-state index contributed by atoms with van der Waals surface area (Å²) in [7, 11) is 0. The molecule has 1 rings (SSSR count). The van der Waals surface area contributed by atoms with Crippen LogP contribution in [0.1, 0.15) is 71.6 Å². The third-order valence-electron chi connectivity index (χ3n) is 5.10. The molecule has 1 N–H and O–H groups in total. The third-order valence-corrected chi connectivity index (χ3v) is 5.10. The molecule has 0 aliphatic carbocycles. The molecule has 0 aromatic rings. The van der Waals surface area contributed by atoms with Crippen molar-refractivity contribution in [3.63, 3.8) is 0 Å². The molecule has 0 amide bonds. The highest BCUT2D eigenvalue weighted by molar-refractivity contribution is 5.13. The lowest BCUT2D eigenvalue weighted by molar-refractivity contribution is 0.181. The van der Waals surface area contributed by atoms with Crippen LogP contribution in [0.2, 0.25) is 0 Å². The molecule has 0 aromatic carbocycles. The van der Waals surface area contributed by atoms with Crippen molar-refractivity contribution in [2.45, 2.75) is 77.7 Å². The number of β-amino-alcohol motifs (C(OH)–C–C–N with tert-alkyl or cyclic N) is 1. The largest absolute Gasteiger partial charge is 0.391 e. The average molecular weight is 320 g/mol. The maximum atomic E-state index is 9.67. The monoisotopic (exact) mass is 319 g/mol. The van der Waals surface area contributed by atoms with Gasteiger partial charge in [-0.3, -0.25) is 0 Å². The molecule has 0 aromatic heterocycles. The molecule has 1 fully saturated rings. The predicted molar refractivity (Wildman–Crippen MR) is 101 cm³/mol. The standard InChI is InChI=1S/C21H37NO/c1-6-7-8-9-10-11-12-13-18(2)21(4,5)16-19(3)22-15-14-20(23)17-22/h6,20,23H,1-3,7-17H2,4-5H3. The fraction of sp³-hybridized carbons (Fsp3) is 0.714. The number of aliphatic hydroxyl groups is 1. The van der Waals surface area contributed by atoms with Crippen LogP contribution in [0, 0.1) is 5.41 Å². The first-order valence-corrected chi connectivity index (χ1v) is 9.27. The molecule has 132 valence electrons. The molecule has 1 aliphatic heterocycles. The SMILES string of the molecule is C=CCCCCCCCC(=C)C(C)(C)CC(=C)N1CCC(O)C1. The van der Waals surface area contributed by atoms with Crippen molar-refractivity contribution >= 4 is 0 Å². The van der Waals surface area contributed by atoms with Crippen LogP contribution in [0.15, 0.2) is 37.1 Å². The highest BCUT2D eigenvalue weighted by Crippen LogP contribution is 2.36. The number of hydrogen-bond donors (Lipinski definition) is 1. The van der Waals surface area contributed by atoms with Gasteiger partial charge in [-0.15, -0.1) is 6.58 Å². The highest BCUT2D eigenvalue weighted by Gasteiger charge is 2.27. The number of likely N-dealkylation sites (tertiary alicyclic amines) is 1. The van der Waals surface area contributed by atoms with Gasteiger partial charge in [-0.1, -0.05) is 57.9 Å². The molecule has 1 saturated heterocycles. The molecule has 2 nitrogen and oxygen atoms in total. The zero-order valence-electron chi connectivity index (χ0n) is 15.4. The van der Waals surface area contributed by atoms with Crippen molar-refractivity contribution in [3.8, 4) is 0 Å². The van der Waals surface area contributed by atoms with Crippen LogP contribution >= 0.6 is 0 Å². The maximum absolute atomic E-state index is 9.67. The van der Waals surface area contributed by atoms with E-state index in [1.54, 1.807) is 0 Å². The van der Waals surface area contributed by atoms with Crippen molar-refractivity contribution in [2.75, 3.05) is 13.1 Å². The van der Waals surface area contributed by atoms with Gasteiger partial charge >= 0.3 is 0 Å². The van der Waals surface area contributed by atoms with Crippen molar-refractivity contribution in [3.05, 3.63) is 37.1 Å². The molecule has 0 saturated carbocycles. The topological polar surface area (TPSA) is 23.5 Å². The van der Waals surface area contributed by atoms with Crippen molar-refractivity contribution in [1.82, 2.24) is 4.90 Å². The van der Waals surface area contributed by atoms with E-state index >= 15 is 0 Å². The smallest absolute Gasteiger partial charge is 0.0731 e. The predicted octanol–water partition coefficient (Wildman–Crippen LogP) is 5.46. The van der Waals surface area contributed by atoms with Gasteiger partial charge in [0.25, 0.3) is 0 Å². The lowest BCUT2D eigenvalue weighted by Crippen LogP contribution is -2.25. The van der Waals surface area contributed by atoms with Crippen LogP contribution in [-0.2, 0) is 0 Å². The number of unbranched alkanes of at least 4 members (excludes halogenated alkanes) is 5. The number of rotatable bonds is 12. The molecule has 1 atom stereocenters. The Kier molecular flexibility index (Phi) is 8.68. The van der Waals surface area contributed by atoms with Gasteiger partial charge in [0, 0.05) is 18.8 Å². The van der Waals surface area contributed by atoms with Crippen molar-refractivity contribution < 1.29 is 5.11 Å². The molecular weight excluding hydrogens is 282 g/mol. The molecule has 1 heterocycles. The second-order valence-electron chi connectivity index (χ2n) is 7.71. The third kappa shape index (κ3) is 7.39. The maximum Gasteiger partial charge on any atom is 0.0731 e. The van der Waals surface area contributed by atoms with Crippen LogP contribution in [0.4, 0.5) is 0 Å². The fourth-order valence-electron chi connectivity index (χ4n) is 3.27. The van der Waals surface area contributed by atoms with Crippen LogP contribution in [0.25, 0.3) is 0 Å². The summed E-state index contributed by atoms with van der Waals surface area (Å²) in [5.74, 6) is 0. The first kappa shape index (κ1) is 20.0. The zero-order valence-corrected chi connectivity index (χ0v) is 15.4. The molecule has 0 radical (unpaired) electrons. The van der Waals surface area contributed by atoms with Gasteiger partial charge in [-0.25, -0.2) is 0 Å². The quantitative estimate of drug-likeness (QED) is 0.381. The van der Waals surface area contributed by atoms with E-state index in [4.69, 9.17) is 0 Å². The Bertz CT molecular complexity index is 397. The lowest BCUT2D eigenvalue weighted by Gasteiger charge is -2.32. The number of allylic oxidation sites excluding steroid dienone is 3. The average Bonchev–Trinajstić information content (AvgIpc) is 2.92. The minimum atomic E-state index is -0.181.